The number of carbonyl (C=O) groups is 1. The summed E-state index contributed by atoms with van der Waals surface area (Å²) in [6.45, 7) is 4.91. The van der Waals surface area contributed by atoms with E-state index in [2.05, 4.69) is 12.2 Å². The summed E-state index contributed by atoms with van der Waals surface area (Å²) in [5, 5.41) is 2.95. The number of hydrogen-bond donors (Lipinski definition) is 2. The maximum atomic E-state index is 12.4. The van der Waals surface area contributed by atoms with Gasteiger partial charge in [0, 0.05) is 12.8 Å². The Kier molecular flexibility index (Phi) is 6.87. The molecular weight excluding hydrogens is 256 g/mol. The average Bonchev–Trinajstić information content (AvgIpc) is 2.39. The Bertz CT molecular complexity index is 429. The van der Waals surface area contributed by atoms with E-state index in [0.717, 1.165) is 12.8 Å². The van der Waals surface area contributed by atoms with Crippen LogP contribution in [0.3, 0.4) is 0 Å². The number of carbonyl (C=O) groups excluding carboxylic acids is 1. The Morgan fingerprint density at radius 1 is 1.40 bits per heavy atom. The number of nitrogens with two attached hydrogens (primary N) is 1. The average molecular weight is 280 g/mol. The first-order chi connectivity index (χ1) is 9.63. The van der Waals surface area contributed by atoms with Crippen LogP contribution in [-0.2, 0) is 4.74 Å². The molecule has 0 aliphatic rings. The predicted molar refractivity (Wildman–Crippen MR) is 80.1 cm³/mol. The minimum absolute atomic E-state index is 0.0217. The molecule has 0 saturated carbocycles. The molecule has 20 heavy (non-hydrogen) atoms. The molecule has 0 radical (unpaired) electrons. The van der Waals surface area contributed by atoms with E-state index >= 15 is 0 Å². The second-order valence-corrected chi connectivity index (χ2v) is 4.57. The highest BCUT2D eigenvalue weighted by Gasteiger charge is 2.19. The van der Waals surface area contributed by atoms with Crippen LogP contribution in [0.5, 0.6) is 5.75 Å². The molecular formula is C15H24N2O3. The molecule has 3 N–H and O–H groups in total. The second-order valence-electron chi connectivity index (χ2n) is 4.57. The summed E-state index contributed by atoms with van der Waals surface area (Å²) in [5.41, 5.74) is 6.72. The van der Waals surface area contributed by atoms with E-state index in [1.54, 1.807) is 25.3 Å². The normalized spacial score (nSPS) is 11.9. The number of nitrogens with one attached hydrogen (secondary N) is 1. The highest BCUT2D eigenvalue weighted by Crippen LogP contribution is 2.24. The molecule has 1 amide bonds. The van der Waals surface area contributed by atoms with Gasteiger partial charge in [-0.15, -0.1) is 0 Å². The van der Waals surface area contributed by atoms with Gasteiger partial charge in [-0.05, 0) is 25.5 Å². The number of methoxy groups -OCH3 is 1. The standard InChI is InChI=1S/C15H24N2O3/c1-4-7-11(10-19-3)17-15(18)14-12(16)8-6-9-13(14)20-5-2/h6,8-9,11H,4-5,7,10,16H2,1-3H3,(H,17,18). The number of amides is 1. The summed E-state index contributed by atoms with van der Waals surface area (Å²) in [7, 11) is 1.62. The second kappa shape index (κ2) is 8.43. The zero-order chi connectivity index (χ0) is 15.0. The smallest absolute Gasteiger partial charge is 0.257 e. The van der Waals surface area contributed by atoms with Crippen LogP contribution in [0, 0.1) is 0 Å². The van der Waals surface area contributed by atoms with Gasteiger partial charge >= 0.3 is 0 Å². The van der Waals surface area contributed by atoms with Crippen molar-refractivity contribution < 1.29 is 14.3 Å². The van der Waals surface area contributed by atoms with E-state index in [0.29, 0.717) is 30.2 Å². The third-order valence-electron chi connectivity index (χ3n) is 2.93. The highest BCUT2D eigenvalue weighted by atomic mass is 16.5. The van der Waals surface area contributed by atoms with Crippen molar-refractivity contribution in [2.75, 3.05) is 26.1 Å². The minimum Gasteiger partial charge on any atom is -0.493 e. The van der Waals surface area contributed by atoms with Crippen molar-refractivity contribution in [3.63, 3.8) is 0 Å². The zero-order valence-corrected chi connectivity index (χ0v) is 12.4. The molecule has 1 unspecified atom stereocenters. The number of rotatable bonds is 8. The molecule has 1 atom stereocenters. The van der Waals surface area contributed by atoms with Gasteiger partial charge in [0.1, 0.15) is 11.3 Å². The number of ether oxygens (including phenoxy) is 2. The number of anilines is 1. The number of hydrogen-bond acceptors (Lipinski definition) is 4. The molecule has 0 aromatic heterocycles. The molecule has 1 rings (SSSR count). The van der Waals surface area contributed by atoms with E-state index in [1.807, 2.05) is 6.92 Å². The molecule has 1 aromatic carbocycles. The third-order valence-corrected chi connectivity index (χ3v) is 2.93. The lowest BCUT2D eigenvalue weighted by Crippen LogP contribution is -2.38. The van der Waals surface area contributed by atoms with Crippen LogP contribution in [0.1, 0.15) is 37.0 Å². The van der Waals surface area contributed by atoms with Crippen molar-refractivity contribution in [2.24, 2.45) is 0 Å². The van der Waals surface area contributed by atoms with Crippen LogP contribution in [0.2, 0.25) is 0 Å². The first-order valence-electron chi connectivity index (χ1n) is 6.95. The third kappa shape index (κ3) is 4.42. The van der Waals surface area contributed by atoms with Gasteiger partial charge in [0.15, 0.2) is 0 Å². The van der Waals surface area contributed by atoms with Crippen molar-refractivity contribution >= 4 is 11.6 Å². The largest absolute Gasteiger partial charge is 0.493 e. The molecule has 0 spiro atoms. The topological polar surface area (TPSA) is 73.6 Å². The van der Waals surface area contributed by atoms with Gasteiger partial charge in [0.2, 0.25) is 0 Å². The van der Waals surface area contributed by atoms with Crippen LogP contribution >= 0.6 is 0 Å². The molecule has 0 bridgehead atoms. The quantitative estimate of drug-likeness (QED) is 0.716. The summed E-state index contributed by atoms with van der Waals surface area (Å²) in [4.78, 5) is 12.4. The molecule has 5 heteroatoms. The Labute approximate surface area is 120 Å². The van der Waals surface area contributed by atoms with Gasteiger partial charge in [0.05, 0.1) is 19.3 Å². The Morgan fingerprint density at radius 3 is 2.75 bits per heavy atom. The van der Waals surface area contributed by atoms with Crippen molar-refractivity contribution in [2.45, 2.75) is 32.7 Å². The first-order valence-corrected chi connectivity index (χ1v) is 6.95. The summed E-state index contributed by atoms with van der Waals surface area (Å²) < 4.78 is 10.6. The van der Waals surface area contributed by atoms with Crippen LogP contribution in [0.15, 0.2) is 18.2 Å². The van der Waals surface area contributed by atoms with Crippen molar-refractivity contribution in [3.8, 4) is 5.75 Å². The van der Waals surface area contributed by atoms with E-state index in [-0.39, 0.29) is 11.9 Å². The van der Waals surface area contributed by atoms with Crippen LogP contribution in [-0.4, -0.2) is 32.3 Å². The van der Waals surface area contributed by atoms with Crippen LogP contribution in [0.25, 0.3) is 0 Å². The fourth-order valence-electron chi connectivity index (χ4n) is 2.07. The van der Waals surface area contributed by atoms with Gasteiger partial charge in [-0.2, -0.15) is 0 Å². The van der Waals surface area contributed by atoms with Crippen molar-refractivity contribution in [3.05, 3.63) is 23.8 Å². The number of nitrogen functional groups attached to an aromatic ring is 1. The van der Waals surface area contributed by atoms with Gasteiger partial charge in [-0.1, -0.05) is 19.4 Å². The lowest BCUT2D eigenvalue weighted by atomic mass is 10.1. The van der Waals surface area contributed by atoms with Crippen molar-refractivity contribution in [1.82, 2.24) is 5.32 Å². The monoisotopic (exact) mass is 280 g/mol. The summed E-state index contributed by atoms with van der Waals surface area (Å²) >= 11 is 0. The first kappa shape index (κ1) is 16.3. The minimum atomic E-state index is -0.220. The molecule has 0 heterocycles. The van der Waals surface area contributed by atoms with Crippen LogP contribution < -0.4 is 15.8 Å². The zero-order valence-electron chi connectivity index (χ0n) is 12.4. The molecule has 112 valence electrons. The summed E-state index contributed by atoms with van der Waals surface area (Å²) in [6.07, 6.45) is 1.83. The summed E-state index contributed by atoms with van der Waals surface area (Å²) in [6, 6.07) is 5.20. The molecule has 0 aliphatic carbocycles. The Hall–Kier alpha value is -1.75. The van der Waals surface area contributed by atoms with Gasteiger partial charge in [-0.3, -0.25) is 4.79 Å². The van der Waals surface area contributed by atoms with Crippen LogP contribution in [0.4, 0.5) is 5.69 Å². The Morgan fingerprint density at radius 2 is 2.15 bits per heavy atom. The molecule has 0 aliphatic heterocycles. The fraction of sp³-hybridized carbons (Fsp3) is 0.533. The van der Waals surface area contributed by atoms with E-state index < -0.39 is 0 Å². The molecule has 0 fully saturated rings. The maximum absolute atomic E-state index is 12.4. The summed E-state index contributed by atoms with van der Waals surface area (Å²) in [5.74, 6) is 0.291. The van der Waals surface area contributed by atoms with E-state index in [4.69, 9.17) is 15.2 Å². The predicted octanol–water partition coefficient (Wildman–Crippen LogP) is 2.21. The number of benzene rings is 1. The lowest BCUT2D eigenvalue weighted by Gasteiger charge is -2.19. The molecule has 5 nitrogen and oxygen atoms in total. The maximum Gasteiger partial charge on any atom is 0.257 e. The highest BCUT2D eigenvalue weighted by molar-refractivity contribution is 6.02. The van der Waals surface area contributed by atoms with E-state index in [1.165, 1.54) is 0 Å². The van der Waals surface area contributed by atoms with E-state index in [9.17, 15) is 4.79 Å². The van der Waals surface area contributed by atoms with Gasteiger partial charge < -0.3 is 20.5 Å². The van der Waals surface area contributed by atoms with Gasteiger partial charge in [-0.25, -0.2) is 0 Å². The lowest BCUT2D eigenvalue weighted by molar-refractivity contribution is 0.0889. The molecule has 0 saturated heterocycles. The Balaban J connectivity index is 2.90. The SMILES string of the molecule is CCCC(COC)NC(=O)c1c(N)cccc1OCC. The fourth-order valence-corrected chi connectivity index (χ4v) is 2.07. The van der Waals surface area contributed by atoms with Crippen molar-refractivity contribution in [1.29, 1.82) is 0 Å². The molecule has 1 aromatic rings. The van der Waals surface area contributed by atoms with Gasteiger partial charge in [0.25, 0.3) is 5.91 Å².